The van der Waals surface area contributed by atoms with E-state index in [-0.39, 0.29) is 48.3 Å². The van der Waals surface area contributed by atoms with Gasteiger partial charge in [-0.3, -0.25) is 19.3 Å². The van der Waals surface area contributed by atoms with Crippen LogP contribution in [0.3, 0.4) is 0 Å². The summed E-state index contributed by atoms with van der Waals surface area (Å²) in [4.78, 5) is 50.3. The maximum absolute atomic E-state index is 12.5. The van der Waals surface area contributed by atoms with Crippen molar-refractivity contribution >= 4 is 28.8 Å². The van der Waals surface area contributed by atoms with Gasteiger partial charge in [0.25, 0.3) is 0 Å². The summed E-state index contributed by atoms with van der Waals surface area (Å²) in [6, 6.07) is 6.39. The predicted octanol–water partition coefficient (Wildman–Crippen LogP) is 3.39. The number of hydrogen-bond donors (Lipinski definition) is 0. The average Bonchev–Trinajstić information content (AvgIpc) is 2.96. The minimum atomic E-state index is -0.549. The Bertz CT molecular complexity index is 1050. The molecule has 0 radical (unpaired) electrons. The predicted molar refractivity (Wildman–Crippen MR) is 109 cm³/mol. The molecule has 30 heavy (non-hydrogen) atoms. The van der Waals surface area contributed by atoms with Gasteiger partial charge < -0.3 is 9.15 Å². The Labute approximate surface area is 174 Å². The van der Waals surface area contributed by atoms with E-state index < -0.39 is 11.6 Å². The Morgan fingerprint density at radius 2 is 1.77 bits per heavy atom. The van der Waals surface area contributed by atoms with Crippen LogP contribution in [-0.4, -0.2) is 29.2 Å². The van der Waals surface area contributed by atoms with Gasteiger partial charge in [-0.1, -0.05) is 26.7 Å². The third kappa shape index (κ3) is 3.76. The first-order valence-corrected chi connectivity index (χ1v) is 10.5. The number of rotatable bonds is 5. The molecule has 4 rings (SSSR count). The van der Waals surface area contributed by atoms with Crippen molar-refractivity contribution in [3.05, 3.63) is 40.2 Å². The van der Waals surface area contributed by atoms with Crippen LogP contribution < -0.4 is 10.4 Å². The Hall–Kier alpha value is -2.96. The molecule has 7 heteroatoms. The topological polar surface area (TPSA) is 93.9 Å². The van der Waals surface area contributed by atoms with E-state index in [1.807, 2.05) is 13.8 Å². The normalized spacial score (nSPS) is 21.4. The second kappa shape index (κ2) is 8.05. The Balaban J connectivity index is 1.43. The zero-order chi connectivity index (χ0) is 21.4. The number of benzene rings is 1. The van der Waals surface area contributed by atoms with Gasteiger partial charge >= 0.3 is 11.6 Å². The van der Waals surface area contributed by atoms with E-state index in [9.17, 15) is 19.2 Å². The number of ether oxygens (including phenoxy) is 1. The summed E-state index contributed by atoms with van der Waals surface area (Å²) in [6.45, 7) is 4.00. The van der Waals surface area contributed by atoms with Crippen LogP contribution in [0.5, 0.6) is 5.75 Å². The molecule has 1 aliphatic heterocycles. The number of likely N-dealkylation sites (tertiary alicyclic amines) is 1. The van der Waals surface area contributed by atoms with Crippen molar-refractivity contribution in [1.29, 1.82) is 0 Å². The van der Waals surface area contributed by atoms with Crippen LogP contribution in [0.4, 0.5) is 0 Å². The van der Waals surface area contributed by atoms with E-state index in [1.54, 1.807) is 12.1 Å². The molecule has 158 valence electrons. The van der Waals surface area contributed by atoms with E-state index in [1.165, 1.54) is 17.0 Å². The fourth-order valence-corrected chi connectivity index (χ4v) is 4.55. The minimum absolute atomic E-state index is 0.0314. The molecular weight excluding hydrogens is 386 g/mol. The second-order valence-electron chi connectivity index (χ2n) is 8.38. The van der Waals surface area contributed by atoms with Crippen LogP contribution >= 0.6 is 0 Å². The molecule has 7 nitrogen and oxygen atoms in total. The number of esters is 1. The molecule has 2 amide bonds. The van der Waals surface area contributed by atoms with Crippen molar-refractivity contribution in [3.63, 3.8) is 0 Å². The third-order valence-electron chi connectivity index (χ3n) is 6.07. The lowest BCUT2D eigenvalue weighted by molar-refractivity contribution is -0.141. The number of carbonyl (C=O) groups excluding carboxylic acids is 3. The molecule has 0 bridgehead atoms. The molecule has 0 spiro atoms. The lowest BCUT2D eigenvalue weighted by Gasteiger charge is -2.19. The summed E-state index contributed by atoms with van der Waals surface area (Å²) in [6.07, 6.45) is 3.35. The average molecular weight is 411 g/mol. The molecule has 1 saturated heterocycles. The molecule has 0 N–H and O–H groups in total. The highest BCUT2D eigenvalue weighted by molar-refractivity contribution is 6.05. The first-order valence-electron chi connectivity index (χ1n) is 10.5. The SMILES string of the molecule is CC(C)c1cc(=O)oc2cc(OC(=O)CCN3C(=O)[C@H]4CCCC[C@@H]4C3=O)ccc12. The van der Waals surface area contributed by atoms with E-state index in [0.29, 0.717) is 5.58 Å². The summed E-state index contributed by atoms with van der Waals surface area (Å²) in [5.41, 5.74) is 0.763. The van der Waals surface area contributed by atoms with Crippen molar-refractivity contribution in [2.75, 3.05) is 6.54 Å². The lowest BCUT2D eigenvalue weighted by Crippen LogP contribution is -2.33. The van der Waals surface area contributed by atoms with Gasteiger partial charge in [0, 0.05) is 24.1 Å². The standard InChI is InChI=1S/C23H25NO6/c1-13(2)18-12-21(26)30-19-11-14(7-8-15(18)19)29-20(25)9-10-24-22(27)16-5-3-4-6-17(16)23(24)28/h7-8,11-13,16-17H,3-6,9-10H2,1-2H3/t16-,17-/m0/s1. The molecule has 0 unspecified atom stereocenters. The maximum Gasteiger partial charge on any atom is 0.336 e. The monoisotopic (exact) mass is 411 g/mol. The van der Waals surface area contributed by atoms with E-state index in [2.05, 4.69) is 0 Å². The molecule has 2 heterocycles. The highest BCUT2D eigenvalue weighted by atomic mass is 16.5. The summed E-state index contributed by atoms with van der Waals surface area (Å²) in [7, 11) is 0. The number of amides is 2. The number of hydrogen-bond acceptors (Lipinski definition) is 6. The van der Waals surface area contributed by atoms with Crippen LogP contribution in [0.15, 0.2) is 33.5 Å². The second-order valence-corrected chi connectivity index (χ2v) is 8.38. The van der Waals surface area contributed by atoms with Gasteiger partial charge in [0.1, 0.15) is 11.3 Å². The first-order chi connectivity index (χ1) is 14.3. The van der Waals surface area contributed by atoms with Crippen LogP contribution in [0, 0.1) is 11.8 Å². The van der Waals surface area contributed by atoms with Gasteiger partial charge in [-0.2, -0.15) is 0 Å². The zero-order valence-corrected chi connectivity index (χ0v) is 17.2. The van der Waals surface area contributed by atoms with Crippen LogP contribution in [0.2, 0.25) is 0 Å². The smallest absolute Gasteiger partial charge is 0.336 e. The molecule has 2 aliphatic rings. The maximum atomic E-state index is 12.5. The van der Waals surface area contributed by atoms with Gasteiger partial charge in [0.2, 0.25) is 11.8 Å². The molecule has 1 aliphatic carbocycles. The number of imide groups is 1. The molecule has 1 aromatic carbocycles. The summed E-state index contributed by atoms with van der Waals surface area (Å²) in [5, 5.41) is 0.792. The lowest BCUT2D eigenvalue weighted by atomic mass is 9.81. The Kier molecular flexibility index (Phi) is 5.45. The number of carbonyl (C=O) groups is 3. The zero-order valence-electron chi connectivity index (χ0n) is 17.2. The number of nitrogens with zero attached hydrogens (tertiary/aromatic N) is 1. The van der Waals surface area contributed by atoms with E-state index >= 15 is 0 Å². The highest BCUT2D eigenvalue weighted by Crippen LogP contribution is 2.38. The highest BCUT2D eigenvalue weighted by Gasteiger charge is 2.47. The Morgan fingerprint density at radius 3 is 2.40 bits per heavy atom. The van der Waals surface area contributed by atoms with E-state index in [4.69, 9.17) is 9.15 Å². The largest absolute Gasteiger partial charge is 0.426 e. The first kappa shape index (κ1) is 20.3. The van der Waals surface area contributed by atoms with Gasteiger partial charge in [-0.15, -0.1) is 0 Å². The molecular formula is C23H25NO6. The van der Waals surface area contributed by atoms with Gasteiger partial charge in [-0.25, -0.2) is 4.79 Å². The summed E-state index contributed by atoms with van der Waals surface area (Å²) < 4.78 is 10.6. The molecule has 2 atom stereocenters. The van der Waals surface area contributed by atoms with Gasteiger partial charge in [0.15, 0.2) is 0 Å². The van der Waals surface area contributed by atoms with Crippen LogP contribution in [0.1, 0.15) is 57.4 Å². The van der Waals surface area contributed by atoms with Crippen molar-refractivity contribution in [1.82, 2.24) is 4.90 Å². The molecule has 1 saturated carbocycles. The third-order valence-corrected chi connectivity index (χ3v) is 6.07. The molecule has 2 fully saturated rings. The van der Waals surface area contributed by atoms with Crippen LogP contribution in [-0.2, 0) is 14.4 Å². The van der Waals surface area contributed by atoms with Crippen molar-refractivity contribution in [2.45, 2.75) is 51.9 Å². The number of fused-ring (bicyclic) bond motifs is 2. The van der Waals surface area contributed by atoms with Crippen molar-refractivity contribution in [3.8, 4) is 5.75 Å². The van der Waals surface area contributed by atoms with Crippen LogP contribution in [0.25, 0.3) is 11.0 Å². The van der Waals surface area contributed by atoms with Crippen molar-refractivity contribution < 1.29 is 23.5 Å². The summed E-state index contributed by atoms with van der Waals surface area (Å²) >= 11 is 0. The van der Waals surface area contributed by atoms with Gasteiger partial charge in [-0.05, 0) is 36.5 Å². The molecule has 2 aromatic rings. The fourth-order valence-electron chi connectivity index (χ4n) is 4.55. The quantitative estimate of drug-likeness (QED) is 0.324. The Morgan fingerprint density at radius 1 is 1.10 bits per heavy atom. The molecule has 1 aromatic heterocycles. The summed E-state index contributed by atoms with van der Waals surface area (Å²) in [5.74, 6) is -0.917. The van der Waals surface area contributed by atoms with E-state index in [0.717, 1.165) is 36.6 Å². The van der Waals surface area contributed by atoms with Crippen molar-refractivity contribution in [2.24, 2.45) is 11.8 Å². The minimum Gasteiger partial charge on any atom is -0.426 e. The van der Waals surface area contributed by atoms with Gasteiger partial charge in [0.05, 0.1) is 18.3 Å². The fraction of sp³-hybridized carbons (Fsp3) is 0.478.